The van der Waals surface area contributed by atoms with Crippen molar-refractivity contribution in [3.63, 3.8) is 0 Å². The number of rotatable bonds is 7. The van der Waals surface area contributed by atoms with Crippen LogP contribution in [0.15, 0.2) is 35.4 Å². The average molecular weight is 366 g/mol. The molecule has 0 aliphatic rings. The van der Waals surface area contributed by atoms with Gasteiger partial charge in [-0.1, -0.05) is 0 Å². The molecule has 0 aliphatic heterocycles. The molecule has 0 unspecified atom stereocenters. The highest BCUT2D eigenvalue weighted by Gasteiger charge is 2.08. The van der Waals surface area contributed by atoms with E-state index < -0.39 is 17.5 Å². The number of thioether (sulfide) groups is 1. The Bertz CT molecular complexity index is 756. The van der Waals surface area contributed by atoms with Gasteiger partial charge < -0.3 is 10.6 Å². The largest absolute Gasteiger partial charge is 0.324 e. The predicted molar refractivity (Wildman–Crippen MR) is 91.3 cm³/mol. The summed E-state index contributed by atoms with van der Waals surface area (Å²) in [7, 11) is 0. The average Bonchev–Trinajstić information content (AvgIpc) is 2.56. The van der Waals surface area contributed by atoms with E-state index in [4.69, 9.17) is 0 Å². The number of carbonyl (C=O) groups excluding carboxylic acids is 2. The van der Waals surface area contributed by atoms with Crippen LogP contribution < -0.4 is 10.6 Å². The monoisotopic (exact) mass is 366 g/mol. The van der Waals surface area contributed by atoms with Gasteiger partial charge in [-0.05, 0) is 30.7 Å². The van der Waals surface area contributed by atoms with Gasteiger partial charge in [-0.2, -0.15) is 0 Å². The van der Waals surface area contributed by atoms with Gasteiger partial charge in [-0.15, -0.1) is 22.0 Å². The molecule has 6 nitrogen and oxygen atoms in total. The van der Waals surface area contributed by atoms with Gasteiger partial charge in [-0.3, -0.25) is 9.59 Å². The molecule has 9 heteroatoms. The first kappa shape index (κ1) is 18.8. The number of nitrogens with one attached hydrogen (secondary N) is 2. The number of hydrogen-bond acceptors (Lipinski definition) is 5. The molecule has 0 bridgehead atoms. The molecule has 1 heterocycles. The van der Waals surface area contributed by atoms with Gasteiger partial charge >= 0.3 is 0 Å². The van der Waals surface area contributed by atoms with Crippen molar-refractivity contribution in [1.29, 1.82) is 0 Å². The van der Waals surface area contributed by atoms with Gasteiger partial charge in [0.25, 0.3) is 0 Å². The molecular formula is C16H16F2N4O2S. The first-order valence-corrected chi connectivity index (χ1v) is 8.41. The second-order valence-corrected chi connectivity index (χ2v) is 6.18. The summed E-state index contributed by atoms with van der Waals surface area (Å²) in [6.07, 6.45) is 0.697. The lowest BCUT2D eigenvalue weighted by atomic mass is 10.2. The van der Waals surface area contributed by atoms with Crippen LogP contribution in [0.5, 0.6) is 0 Å². The zero-order valence-electron chi connectivity index (χ0n) is 13.4. The first-order chi connectivity index (χ1) is 11.9. The van der Waals surface area contributed by atoms with Crippen LogP contribution in [-0.2, 0) is 9.59 Å². The Balaban J connectivity index is 1.72. The molecule has 2 N–H and O–H groups in total. The van der Waals surface area contributed by atoms with Gasteiger partial charge in [0.05, 0.1) is 5.69 Å². The SMILES string of the molecule is CC(=O)Nc1ccc(SCCCC(=O)Nc2cc(F)ccc2F)nn1. The Morgan fingerprint density at radius 3 is 2.60 bits per heavy atom. The number of halogens is 2. The Kier molecular flexibility index (Phi) is 6.81. The van der Waals surface area contributed by atoms with E-state index in [9.17, 15) is 18.4 Å². The molecule has 0 saturated carbocycles. The van der Waals surface area contributed by atoms with Crippen LogP contribution in [0.3, 0.4) is 0 Å². The highest BCUT2D eigenvalue weighted by Crippen LogP contribution is 2.18. The third-order valence-electron chi connectivity index (χ3n) is 2.94. The molecule has 132 valence electrons. The van der Waals surface area contributed by atoms with Crippen molar-refractivity contribution in [3.05, 3.63) is 42.0 Å². The Morgan fingerprint density at radius 1 is 1.12 bits per heavy atom. The quantitative estimate of drug-likeness (QED) is 0.581. The van der Waals surface area contributed by atoms with E-state index in [1.165, 1.54) is 18.7 Å². The van der Waals surface area contributed by atoms with E-state index in [1.807, 2.05) is 0 Å². The fourth-order valence-electron chi connectivity index (χ4n) is 1.86. The molecular weight excluding hydrogens is 350 g/mol. The third-order valence-corrected chi connectivity index (χ3v) is 3.95. The van der Waals surface area contributed by atoms with Crippen LogP contribution in [0.25, 0.3) is 0 Å². The zero-order valence-corrected chi connectivity index (χ0v) is 14.2. The van der Waals surface area contributed by atoms with Crippen molar-refractivity contribution in [2.75, 3.05) is 16.4 Å². The van der Waals surface area contributed by atoms with E-state index in [1.54, 1.807) is 12.1 Å². The Hall–Kier alpha value is -2.55. The number of hydrogen-bond donors (Lipinski definition) is 2. The first-order valence-electron chi connectivity index (χ1n) is 7.43. The summed E-state index contributed by atoms with van der Waals surface area (Å²) in [6.45, 7) is 1.38. The lowest BCUT2D eigenvalue weighted by molar-refractivity contribution is -0.116. The second-order valence-electron chi connectivity index (χ2n) is 5.06. The van der Waals surface area contributed by atoms with Gasteiger partial charge in [0.15, 0.2) is 5.82 Å². The number of nitrogens with zero attached hydrogens (tertiary/aromatic N) is 2. The van der Waals surface area contributed by atoms with E-state index in [0.717, 1.165) is 18.2 Å². The third kappa shape index (κ3) is 6.46. The molecule has 2 amide bonds. The lowest BCUT2D eigenvalue weighted by Crippen LogP contribution is -2.12. The number of aromatic nitrogens is 2. The highest BCUT2D eigenvalue weighted by molar-refractivity contribution is 7.99. The molecule has 1 aromatic heterocycles. The highest BCUT2D eigenvalue weighted by atomic mass is 32.2. The molecule has 0 saturated heterocycles. The van der Waals surface area contributed by atoms with Crippen LogP contribution in [0, 0.1) is 11.6 Å². The van der Waals surface area contributed by atoms with Crippen LogP contribution in [-0.4, -0.2) is 27.8 Å². The van der Waals surface area contributed by atoms with Crippen LogP contribution in [0.1, 0.15) is 19.8 Å². The molecule has 2 aromatic rings. The normalized spacial score (nSPS) is 10.4. The minimum absolute atomic E-state index is 0.167. The fourth-order valence-corrected chi connectivity index (χ4v) is 2.62. The van der Waals surface area contributed by atoms with E-state index in [-0.39, 0.29) is 18.0 Å². The predicted octanol–water partition coefficient (Wildman–Crippen LogP) is 3.22. The minimum Gasteiger partial charge on any atom is -0.324 e. The molecule has 2 rings (SSSR count). The van der Waals surface area contributed by atoms with E-state index in [0.29, 0.717) is 23.0 Å². The van der Waals surface area contributed by atoms with Crippen molar-refractivity contribution >= 4 is 35.1 Å². The second kappa shape index (κ2) is 9.07. The topological polar surface area (TPSA) is 84.0 Å². The maximum Gasteiger partial charge on any atom is 0.224 e. The van der Waals surface area contributed by atoms with Crippen molar-refractivity contribution in [2.24, 2.45) is 0 Å². The van der Waals surface area contributed by atoms with Crippen molar-refractivity contribution in [2.45, 2.75) is 24.8 Å². The summed E-state index contributed by atoms with van der Waals surface area (Å²) in [5.41, 5.74) is -0.169. The van der Waals surface area contributed by atoms with Crippen molar-refractivity contribution < 1.29 is 18.4 Å². The standard InChI is InChI=1S/C16H16F2N4O2S/c1-10(23)19-14-6-7-16(22-21-14)25-8-2-3-15(24)20-13-9-11(17)4-5-12(13)18/h4-7,9H,2-3,8H2,1H3,(H,20,24)(H,19,21,23). The Labute approximate surface area is 147 Å². The summed E-state index contributed by atoms with van der Waals surface area (Å²) in [6, 6.07) is 6.24. The molecule has 25 heavy (non-hydrogen) atoms. The molecule has 0 radical (unpaired) electrons. The number of benzene rings is 1. The van der Waals surface area contributed by atoms with Gasteiger partial charge in [0, 0.05) is 25.2 Å². The smallest absolute Gasteiger partial charge is 0.224 e. The van der Waals surface area contributed by atoms with E-state index in [2.05, 4.69) is 20.8 Å². The number of amides is 2. The van der Waals surface area contributed by atoms with Gasteiger partial charge in [0.1, 0.15) is 16.7 Å². The summed E-state index contributed by atoms with van der Waals surface area (Å²) < 4.78 is 26.5. The molecule has 0 atom stereocenters. The number of anilines is 2. The fraction of sp³-hybridized carbons (Fsp3) is 0.250. The molecule has 0 aliphatic carbocycles. The van der Waals surface area contributed by atoms with Crippen molar-refractivity contribution in [1.82, 2.24) is 10.2 Å². The van der Waals surface area contributed by atoms with Gasteiger partial charge in [-0.25, -0.2) is 8.78 Å². The van der Waals surface area contributed by atoms with E-state index >= 15 is 0 Å². The van der Waals surface area contributed by atoms with Crippen LogP contribution in [0.2, 0.25) is 0 Å². The minimum atomic E-state index is -0.682. The maximum atomic E-state index is 13.4. The maximum absolute atomic E-state index is 13.4. The van der Waals surface area contributed by atoms with Crippen LogP contribution in [0.4, 0.5) is 20.3 Å². The van der Waals surface area contributed by atoms with Gasteiger partial charge in [0.2, 0.25) is 11.8 Å². The molecule has 0 fully saturated rings. The summed E-state index contributed by atoms with van der Waals surface area (Å²) in [5.74, 6) is -0.944. The summed E-state index contributed by atoms with van der Waals surface area (Å²) >= 11 is 1.40. The summed E-state index contributed by atoms with van der Waals surface area (Å²) in [4.78, 5) is 22.6. The van der Waals surface area contributed by atoms with Crippen molar-refractivity contribution in [3.8, 4) is 0 Å². The number of carbonyl (C=O) groups is 2. The molecule has 1 aromatic carbocycles. The molecule has 0 spiro atoms. The Morgan fingerprint density at radius 2 is 1.92 bits per heavy atom. The van der Waals surface area contributed by atoms with Crippen LogP contribution >= 0.6 is 11.8 Å². The summed E-state index contributed by atoms with van der Waals surface area (Å²) in [5, 5.41) is 13.3. The zero-order chi connectivity index (χ0) is 18.2. The lowest BCUT2D eigenvalue weighted by Gasteiger charge is -2.06.